The van der Waals surface area contributed by atoms with E-state index in [1.807, 2.05) is 72.8 Å². The first-order valence-electron chi connectivity index (χ1n) is 11.4. The Morgan fingerprint density at radius 1 is 0.971 bits per heavy atom. The number of nitrogens with zero attached hydrogens (tertiary/aromatic N) is 3. The number of fused-ring (bicyclic) bond motifs is 2. The van der Waals surface area contributed by atoms with Crippen molar-refractivity contribution >= 4 is 27.6 Å². The van der Waals surface area contributed by atoms with Crippen molar-refractivity contribution in [3.8, 4) is 17.1 Å². The topological polar surface area (TPSA) is 83.4 Å². The summed E-state index contributed by atoms with van der Waals surface area (Å²) in [5.74, 6) is 0.564. The molecule has 7 heteroatoms. The van der Waals surface area contributed by atoms with Crippen LogP contribution in [0.2, 0.25) is 0 Å². The van der Waals surface area contributed by atoms with Gasteiger partial charge in [0, 0.05) is 13.1 Å². The number of hydrogen-bond acceptors (Lipinski definition) is 5. The number of aromatic hydroxyl groups is 1. The molecule has 1 aliphatic heterocycles. The molecule has 0 saturated carbocycles. The third kappa shape index (κ3) is 3.50. The van der Waals surface area contributed by atoms with E-state index in [9.17, 15) is 9.90 Å². The highest BCUT2D eigenvalue weighted by molar-refractivity contribution is 5.91. The van der Waals surface area contributed by atoms with E-state index >= 15 is 0 Å². The maximum atomic E-state index is 13.7. The van der Waals surface area contributed by atoms with Crippen molar-refractivity contribution in [1.82, 2.24) is 14.5 Å². The number of H-pyrrole nitrogens is 1. The zero-order valence-corrected chi connectivity index (χ0v) is 18.6. The summed E-state index contributed by atoms with van der Waals surface area (Å²) in [5, 5.41) is 12.0. The highest BCUT2D eigenvalue weighted by atomic mass is 16.5. The maximum Gasteiger partial charge on any atom is 0.262 e. The molecule has 34 heavy (non-hydrogen) atoms. The molecule has 0 radical (unpaired) electrons. The van der Waals surface area contributed by atoms with Crippen LogP contribution in [-0.4, -0.2) is 45.9 Å². The van der Waals surface area contributed by atoms with Gasteiger partial charge in [-0.15, -0.1) is 0 Å². The lowest BCUT2D eigenvalue weighted by Gasteiger charge is -2.29. The van der Waals surface area contributed by atoms with Gasteiger partial charge in [-0.25, -0.2) is 4.98 Å². The quantitative estimate of drug-likeness (QED) is 0.428. The molecule has 1 saturated heterocycles. The van der Waals surface area contributed by atoms with Gasteiger partial charge in [-0.05, 0) is 35.2 Å². The molecule has 1 aliphatic rings. The lowest BCUT2D eigenvalue weighted by Crippen LogP contribution is -2.36. The van der Waals surface area contributed by atoms with Gasteiger partial charge < -0.3 is 24.3 Å². The molecule has 170 valence electrons. The van der Waals surface area contributed by atoms with Crippen LogP contribution in [0.4, 0.5) is 5.69 Å². The van der Waals surface area contributed by atoms with Crippen molar-refractivity contribution in [1.29, 1.82) is 0 Å². The minimum Gasteiger partial charge on any atom is -0.504 e. The SMILES string of the molecule is O=c1c(-c2nc3c(O)c(N4CCOCC4)ccc3[nH]2)cc2ccccc2n1Cc1ccccc1. The number of rotatable bonds is 4. The molecule has 0 aliphatic carbocycles. The summed E-state index contributed by atoms with van der Waals surface area (Å²) in [7, 11) is 0. The standard InChI is InChI=1S/C27H24N4O3/c32-25-23(30-12-14-34-15-13-30)11-10-21-24(25)29-26(28-21)20-16-19-8-4-5-9-22(19)31(27(20)33)17-18-6-2-1-3-7-18/h1-11,16,32H,12-15,17H2,(H,28,29). The molecule has 7 nitrogen and oxygen atoms in total. The number of aromatic amines is 1. The number of phenols is 1. The summed E-state index contributed by atoms with van der Waals surface area (Å²) in [6.45, 7) is 3.14. The van der Waals surface area contributed by atoms with Gasteiger partial charge in [-0.2, -0.15) is 0 Å². The predicted octanol–water partition coefficient (Wildman–Crippen LogP) is 4.14. The molecule has 3 heterocycles. The molecule has 3 aromatic carbocycles. The van der Waals surface area contributed by atoms with Crippen LogP contribution in [0.1, 0.15) is 5.56 Å². The molecule has 0 bridgehead atoms. The molecule has 2 aromatic heterocycles. The number of morpholine rings is 1. The highest BCUT2D eigenvalue weighted by Gasteiger charge is 2.20. The van der Waals surface area contributed by atoms with Gasteiger partial charge >= 0.3 is 0 Å². The van der Waals surface area contributed by atoms with Crippen LogP contribution in [0.15, 0.2) is 77.6 Å². The fraction of sp³-hybridized carbons (Fsp3) is 0.185. The molecular weight excluding hydrogens is 428 g/mol. The number of para-hydroxylation sites is 1. The summed E-state index contributed by atoms with van der Waals surface area (Å²) in [4.78, 5) is 23.7. The fourth-order valence-corrected chi connectivity index (χ4v) is 4.66. The van der Waals surface area contributed by atoms with Crippen molar-refractivity contribution in [3.05, 3.63) is 88.7 Å². The number of anilines is 1. The number of ether oxygens (including phenoxy) is 1. The molecule has 0 unspecified atom stereocenters. The Morgan fingerprint density at radius 2 is 1.74 bits per heavy atom. The Labute approximate surface area is 195 Å². The van der Waals surface area contributed by atoms with Gasteiger partial charge in [-0.3, -0.25) is 4.79 Å². The third-order valence-corrected chi connectivity index (χ3v) is 6.40. The Bertz CT molecular complexity index is 1550. The van der Waals surface area contributed by atoms with Crippen LogP contribution < -0.4 is 10.5 Å². The third-order valence-electron chi connectivity index (χ3n) is 6.40. The number of nitrogens with one attached hydrogen (secondary N) is 1. The second-order valence-electron chi connectivity index (χ2n) is 8.51. The van der Waals surface area contributed by atoms with E-state index in [0.29, 0.717) is 55.3 Å². The molecule has 0 amide bonds. The lowest BCUT2D eigenvalue weighted by molar-refractivity contribution is 0.122. The van der Waals surface area contributed by atoms with E-state index in [4.69, 9.17) is 4.74 Å². The lowest BCUT2D eigenvalue weighted by atomic mass is 10.1. The second kappa shape index (κ2) is 8.35. The number of imidazole rings is 1. The highest BCUT2D eigenvalue weighted by Crippen LogP contribution is 2.35. The van der Waals surface area contributed by atoms with Gasteiger partial charge in [-0.1, -0.05) is 48.5 Å². The normalized spacial score (nSPS) is 14.2. The van der Waals surface area contributed by atoms with Crippen molar-refractivity contribution in [3.63, 3.8) is 0 Å². The average molecular weight is 453 g/mol. The number of pyridine rings is 1. The van der Waals surface area contributed by atoms with E-state index in [2.05, 4.69) is 14.9 Å². The summed E-state index contributed by atoms with van der Waals surface area (Å²) >= 11 is 0. The van der Waals surface area contributed by atoms with Gasteiger partial charge in [0.2, 0.25) is 0 Å². The Balaban J connectivity index is 1.49. The van der Waals surface area contributed by atoms with E-state index in [1.54, 1.807) is 4.57 Å². The molecule has 0 spiro atoms. The van der Waals surface area contributed by atoms with Gasteiger partial charge in [0.1, 0.15) is 11.3 Å². The van der Waals surface area contributed by atoms with Crippen LogP contribution >= 0.6 is 0 Å². The maximum absolute atomic E-state index is 13.7. The van der Waals surface area contributed by atoms with Gasteiger partial charge in [0.25, 0.3) is 5.56 Å². The van der Waals surface area contributed by atoms with Crippen LogP contribution in [-0.2, 0) is 11.3 Å². The Morgan fingerprint density at radius 3 is 2.56 bits per heavy atom. The number of benzene rings is 3. The van der Waals surface area contributed by atoms with Gasteiger partial charge in [0.15, 0.2) is 5.75 Å². The predicted molar refractivity (Wildman–Crippen MR) is 134 cm³/mol. The first-order valence-corrected chi connectivity index (χ1v) is 11.4. The summed E-state index contributed by atoms with van der Waals surface area (Å²) < 4.78 is 7.21. The first kappa shape index (κ1) is 20.5. The second-order valence-corrected chi connectivity index (χ2v) is 8.51. The zero-order valence-electron chi connectivity index (χ0n) is 18.6. The van der Waals surface area contributed by atoms with Crippen molar-refractivity contribution in [2.45, 2.75) is 6.54 Å². The van der Waals surface area contributed by atoms with Crippen LogP contribution in [0.3, 0.4) is 0 Å². The van der Waals surface area contributed by atoms with Crippen LogP contribution in [0, 0.1) is 0 Å². The van der Waals surface area contributed by atoms with Gasteiger partial charge in [0.05, 0.1) is 42.0 Å². The minimum absolute atomic E-state index is 0.118. The number of aromatic nitrogens is 3. The Hall–Kier alpha value is -4.10. The smallest absolute Gasteiger partial charge is 0.262 e. The van der Waals surface area contributed by atoms with E-state index in [-0.39, 0.29) is 11.3 Å². The Kier molecular flexibility index (Phi) is 5.04. The van der Waals surface area contributed by atoms with Crippen molar-refractivity contribution in [2.75, 3.05) is 31.2 Å². The summed E-state index contributed by atoms with van der Waals surface area (Å²) in [5.41, 5.74) is 4.13. The zero-order chi connectivity index (χ0) is 23.1. The van der Waals surface area contributed by atoms with Crippen LogP contribution in [0.25, 0.3) is 33.3 Å². The van der Waals surface area contributed by atoms with E-state index < -0.39 is 0 Å². The molecule has 1 fully saturated rings. The largest absolute Gasteiger partial charge is 0.504 e. The minimum atomic E-state index is -0.130. The van der Waals surface area contributed by atoms with E-state index in [1.165, 1.54) is 0 Å². The molecule has 2 N–H and O–H groups in total. The number of hydrogen-bond donors (Lipinski definition) is 2. The van der Waals surface area contributed by atoms with Crippen molar-refractivity contribution < 1.29 is 9.84 Å². The average Bonchev–Trinajstić information content (AvgIpc) is 3.32. The molecular formula is C27H24N4O3. The number of phenolic OH excluding ortho intramolecular Hbond substituents is 1. The van der Waals surface area contributed by atoms with Crippen LogP contribution in [0.5, 0.6) is 5.75 Å². The van der Waals surface area contributed by atoms with Crippen molar-refractivity contribution in [2.24, 2.45) is 0 Å². The fourth-order valence-electron chi connectivity index (χ4n) is 4.66. The summed E-state index contributed by atoms with van der Waals surface area (Å²) in [6.07, 6.45) is 0. The molecule has 6 rings (SSSR count). The molecule has 0 atom stereocenters. The molecule has 5 aromatic rings. The first-order chi connectivity index (χ1) is 16.7. The monoisotopic (exact) mass is 452 g/mol. The summed E-state index contributed by atoms with van der Waals surface area (Å²) in [6, 6.07) is 23.5. The van der Waals surface area contributed by atoms with E-state index in [0.717, 1.165) is 22.2 Å².